The van der Waals surface area contributed by atoms with E-state index >= 15 is 0 Å². The number of phenols is 2. The van der Waals surface area contributed by atoms with Gasteiger partial charge in [0, 0.05) is 25.7 Å². The Kier molecular flexibility index (Phi) is 5.30. The number of ketones is 2. The number of hydrogen-bond acceptors (Lipinski definition) is 6. The number of nitrogens with one attached hydrogen (secondary N) is 1. The van der Waals surface area contributed by atoms with Gasteiger partial charge in [-0.25, -0.2) is 0 Å². The van der Waals surface area contributed by atoms with Gasteiger partial charge in [-0.05, 0) is 30.5 Å². The lowest BCUT2D eigenvalue weighted by Crippen LogP contribution is -2.44. The van der Waals surface area contributed by atoms with Crippen molar-refractivity contribution in [3.8, 4) is 11.5 Å². The first-order chi connectivity index (χ1) is 14.0. The van der Waals surface area contributed by atoms with Gasteiger partial charge in [-0.1, -0.05) is 41.9 Å². The molecular formula is C22H21ClN2O4. The fraction of sp³-hybridized carbons (Fsp3) is 0.273. The molecule has 0 unspecified atom stereocenters. The minimum Gasteiger partial charge on any atom is -0.507 e. The van der Waals surface area contributed by atoms with Crippen molar-refractivity contribution in [1.29, 1.82) is 0 Å². The van der Waals surface area contributed by atoms with Gasteiger partial charge in [0.25, 0.3) is 0 Å². The van der Waals surface area contributed by atoms with Crippen molar-refractivity contribution in [2.24, 2.45) is 0 Å². The molecule has 3 N–H and O–H groups in total. The molecule has 1 heterocycles. The second-order valence-corrected chi connectivity index (χ2v) is 7.76. The fourth-order valence-electron chi connectivity index (χ4n) is 3.90. The predicted molar refractivity (Wildman–Crippen MR) is 109 cm³/mol. The van der Waals surface area contributed by atoms with Crippen molar-refractivity contribution in [3.05, 3.63) is 69.9 Å². The SMILES string of the molecule is O=C1C(Cl)=C(NC2CCN(Cc3ccccc3)CC2)C(=O)c2c(O)ccc(O)c21. The lowest BCUT2D eigenvalue weighted by atomic mass is 9.90. The molecule has 1 aliphatic carbocycles. The Morgan fingerprint density at radius 3 is 2.14 bits per heavy atom. The molecule has 150 valence electrons. The van der Waals surface area contributed by atoms with Gasteiger partial charge in [0.05, 0.1) is 11.1 Å². The third-order valence-corrected chi connectivity index (χ3v) is 5.81. The number of likely N-dealkylation sites (tertiary alicyclic amines) is 1. The van der Waals surface area contributed by atoms with E-state index in [4.69, 9.17) is 11.6 Å². The highest BCUT2D eigenvalue weighted by Gasteiger charge is 2.37. The Morgan fingerprint density at radius 1 is 0.931 bits per heavy atom. The first-order valence-electron chi connectivity index (χ1n) is 9.52. The highest BCUT2D eigenvalue weighted by atomic mass is 35.5. The van der Waals surface area contributed by atoms with Gasteiger partial charge >= 0.3 is 0 Å². The lowest BCUT2D eigenvalue weighted by Gasteiger charge is -2.34. The van der Waals surface area contributed by atoms with E-state index < -0.39 is 11.6 Å². The smallest absolute Gasteiger partial charge is 0.215 e. The van der Waals surface area contributed by atoms with Crippen LogP contribution in [-0.2, 0) is 6.54 Å². The molecule has 0 spiro atoms. The van der Waals surface area contributed by atoms with Crippen LogP contribution in [-0.4, -0.2) is 45.8 Å². The zero-order chi connectivity index (χ0) is 20.5. The highest BCUT2D eigenvalue weighted by molar-refractivity contribution is 6.50. The zero-order valence-electron chi connectivity index (χ0n) is 15.7. The van der Waals surface area contributed by atoms with E-state index in [1.807, 2.05) is 18.2 Å². The Balaban J connectivity index is 1.46. The molecule has 29 heavy (non-hydrogen) atoms. The number of Topliss-reactive ketones (excluding diaryl/α,β-unsaturated/α-hetero) is 2. The van der Waals surface area contributed by atoms with Crippen LogP contribution in [0.1, 0.15) is 39.1 Å². The summed E-state index contributed by atoms with van der Waals surface area (Å²) in [7, 11) is 0. The standard InChI is InChI=1S/C22H21ClN2O4/c23-19-20(22(29)18-16(27)7-6-15(26)17(18)21(19)28)24-14-8-10-25(11-9-14)12-13-4-2-1-3-5-13/h1-7,14,24,26-27H,8-12H2. The average Bonchev–Trinajstić information content (AvgIpc) is 2.73. The maximum absolute atomic E-state index is 12.9. The van der Waals surface area contributed by atoms with Gasteiger partial charge in [-0.2, -0.15) is 0 Å². The van der Waals surface area contributed by atoms with Crippen LogP contribution in [0.15, 0.2) is 53.2 Å². The summed E-state index contributed by atoms with van der Waals surface area (Å²) in [6.07, 6.45) is 1.59. The zero-order valence-corrected chi connectivity index (χ0v) is 16.4. The normalized spacial score (nSPS) is 18.1. The predicted octanol–water partition coefficient (Wildman–Crippen LogP) is 3.18. The van der Waals surface area contributed by atoms with E-state index in [9.17, 15) is 19.8 Å². The summed E-state index contributed by atoms with van der Waals surface area (Å²) >= 11 is 6.18. The summed E-state index contributed by atoms with van der Waals surface area (Å²) in [6.45, 7) is 2.57. The van der Waals surface area contributed by atoms with Crippen LogP contribution in [0.4, 0.5) is 0 Å². The van der Waals surface area contributed by atoms with Crippen molar-refractivity contribution in [3.63, 3.8) is 0 Å². The number of carbonyl (C=O) groups excluding carboxylic acids is 2. The minimum atomic E-state index is -0.668. The number of fused-ring (bicyclic) bond motifs is 1. The molecule has 2 aromatic rings. The Hall–Kier alpha value is -2.83. The van der Waals surface area contributed by atoms with Crippen molar-refractivity contribution in [2.45, 2.75) is 25.4 Å². The minimum absolute atomic E-state index is 0.00780. The largest absolute Gasteiger partial charge is 0.507 e. The summed E-state index contributed by atoms with van der Waals surface area (Å²) in [5.74, 6) is -1.97. The maximum atomic E-state index is 12.9. The molecule has 0 saturated carbocycles. The second-order valence-electron chi connectivity index (χ2n) is 7.38. The van der Waals surface area contributed by atoms with Crippen LogP contribution in [0.2, 0.25) is 0 Å². The average molecular weight is 413 g/mol. The molecule has 2 aromatic carbocycles. The number of piperidine rings is 1. The van der Waals surface area contributed by atoms with E-state index in [1.54, 1.807) is 0 Å². The van der Waals surface area contributed by atoms with Crippen molar-refractivity contribution < 1.29 is 19.8 Å². The van der Waals surface area contributed by atoms with Crippen LogP contribution in [0.25, 0.3) is 0 Å². The Bertz CT molecular complexity index is 995. The van der Waals surface area contributed by atoms with Crippen molar-refractivity contribution >= 4 is 23.2 Å². The number of allylic oxidation sites excluding steroid dienone is 2. The molecule has 0 bridgehead atoms. The molecule has 6 nitrogen and oxygen atoms in total. The number of rotatable bonds is 4. The monoisotopic (exact) mass is 412 g/mol. The number of nitrogens with zero attached hydrogens (tertiary/aromatic N) is 1. The third kappa shape index (κ3) is 3.73. The summed E-state index contributed by atoms with van der Waals surface area (Å²) in [5, 5.41) is 22.9. The quantitative estimate of drug-likeness (QED) is 0.668. The fourth-order valence-corrected chi connectivity index (χ4v) is 4.13. The summed E-state index contributed by atoms with van der Waals surface area (Å²) < 4.78 is 0. The van der Waals surface area contributed by atoms with Gasteiger partial charge in [-0.15, -0.1) is 0 Å². The maximum Gasteiger partial charge on any atom is 0.215 e. The molecular weight excluding hydrogens is 392 g/mol. The van der Waals surface area contributed by atoms with Gasteiger partial charge in [0.2, 0.25) is 11.6 Å². The van der Waals surface area contributed by atoms with Crippen molar-refractivity contribution in [2.75, 3.05) is 13.1 Å². The van der Waals surface area contributed by atoms with Gasteiger partial charge in [-0.3, -0.25) is 14.5 Å². The van der Waals surface area contributed by atoms with E-state index in [-0.39, 0.29) is 39.4 Å². The molecule has 1 saturated heterocycles. The number of carbonyl (C=O) groups is 2. The summed E-state index contributed by atoms with van der Waals surface area (Å²) in [4.78, 5) is 27.8. The number of phenolic OH excluding ortho intramolecular Hbond substituents is 2. The van der Waals surface area contributed by atoms with Crippen LogP contribution < -0.4 is 5.32 Å². The van der Waals surface area contributed by atoms with Crippen LogP contribution >= 0.6 is 11.6 Å². The molecule has 1 fully saturated rings. The van der Waals surface area contributed by atoms with Crippen LogP contribution in [0, 0.1) is 0 Å². The van der Waals surface area contributed by atoms with E-state index in [0.29, 0.717) is 0 Å². The second kappa shape index (κ2) is 7.89. The third-order valence-electron chi connectivity index (χ3n) is 5.45. The lowest BCUT2D eigenvalue weighted by molar-refractivity contribution is 0.0964. The summed E-state index contributed by atoms with van der Waals surface area (Å²) in [6, 6.07) is 12.6. The van der Waals surface area contributed by atoms with Gasteiger partial charge in [0.15, 0.2) is 0 Å². The molecule has 0 aromatic heterocycles. The molecule has 4 rings (SSSR count). The summed E-state index contributed by atoms with van der Waals surface area (Å²) in [5.41, 5.74) is 0.794. The molecule has 1 aliphatic heterocycles. The van der Waals surface area contributed by atoms with Gasteiger partial charge in [0.1, 0.15) is 22.2 Å². The van der Waals surface area contributed by atoms with Crippen molar-refractivity contribution in [1.82, 2.24) is 10.2 Å². The Labute approximate surface area is 173 Å². The molecule has 2 aliphatic rings. The molecule has 0 atom stereocenters. The molecule has 0 amide bonds. The first kappa shape index (κ1) is 19.5. The van der Waals surface area contributed by atoms with E-state index in [2.05, 4.69) is 22.3 Å². The number of benzene rings is 2. The highest BCUT2D eigenvalue weighted by Crippen LogP contribution is 2.37. The number of halogens is 1. The van der Waals surface area contributed by atoms with Crippen LogP contribution in [0.3, 0.4) is 0 Å². The Morgan fingerprint density at radius 2 is 1.52 bits per heavy atom. The topological polar surface area (TPSA) is 89.9 Å². The van der Waals surface area contributed by atoms with Crippen LogP contribution in [0.5, 0.6) is 11.5 Å². The van der Waals surface area contributed by atoms with E-state index in [0.717, 1.165) is 32.5 Å². The number of hydrogen-bond donors (Lipinski definition) is 3. The first-order valence-corrected chi connectivity index (χ1v) is 9.90. The van der Waals surface area contributed by atoms with E-state index in [1.165, 1.54) is 17.7 Å². The molecule has 7 heteroatoms. The molecule has 0 radical (unpaired) electrons. The number of aromatic hydroxyl groups is 2. The van der Waals surface area contributed by atoms with Gasteiger partial charge < -0.3 is 15.5 Å².